The van der Waals surface area contributed by atoms with E-state index in [1.54, 1.807) is 11.3 Å². The molecule has 0 saturated heterocycles. The van der Waals surface area contributed by atoms with Crippen molar-refractivity contribution in [2.75, 3.05) is 6.54 Å². The molecule has 0 saturated carbocycles. The first-order chi connectivity index (χ1) is 8.11. The number of thiophene rings is 1. The first-order valence-electron chi connectivity index (χ1n) is 5.13. The predicted octanol–water partition coefficient (Wildman–Crippen LogP) is 4.24. The summed E-state index contributed by atoms with van der Waals surface area (Å²) in [4.78, 5) is 0. The van der Waals surface area contributed by atoms with E-state index < -0.39 is 0 Å². The highest BCUT2D eigenvalue weighted by atomic mass is 35.5. The molecule has 2 rings (SSSR count). The Bertz CT molecular complexity index is 509. The van der Waals surface area contributed by atoms with Gasteiger partial charge in [-0.2, -0.15) is 0 Å². The normalized spacial score (nSPS) is 12.9. The number of hydrogen-bond acceptors (Lipinski definition) is 5. The fourth-order valence-corrected chi connectivity index (χ4v) is 3.88. The van der Waals surface area contributed by atoms with Crippen molar-refractivity contribution in [2.24, 2.45) is 0 Å². The monoisotopic (exact) mass is 307 g/mol. The summed E-state index contributed by atoms with van der Waals surface area (Å²) in [6.07, 6.45) is 0. The summed E-state index contributed by atoms with van der Waals surface area (Å²) in [5, 5.41) is 13.4. The molecule has 0 spiro atoms. The van der Waals surface area contributed by atoms with Gasteiger partial charge in [0.15, 0.2) is 0 Å². The van der Waals surface area contributed by atoms with Gasteiger partial charge in [-0.1, -0.05) is 41.5 Å². The van der Waals surface area contributed by atoms with E-state index in [0.29, 0.717) is 8.67 Å². The lowest BCUT2D eigenvalue weighted by Crippen LogP contribution is -2.17. The van der Waals surface area contributed by atoms with Crippen LogP contribution in [-0.4, -0.2) is 16.7 Å². The van der Waals surface area contributed by atoms with Crippen molar-refractivity contribution in [3.8, 4) is 10.6 Å². The summed E-state index contributed by atoms with van der Waals surface area (Å²) >= 11 is 14.9. The Kier molecular flexibility index (Phi) is 4.38. The van der Waals surface area contributed by atoms with Crippen LogP contribution in [0.1, 0.15) is 24.9 Å². The van der Waals surface area contributed by atoms with E-state index >= 15 is 0 Å². The van der Waals surface area contributed by atoms with Crippen molar-refractivity contribution in [2.45, 2.75) is 19.9 Å². The highest BCUT2D eigenvalue weighted by Gasteiger charge is 2.16. The van der Waals surface area contributed by atoms with Crippen molar-refractivity contribution < 1.29 is 0 Å². The van der Waals surface area contributed by atoms with E-state index in [1.807, 2.05) is 6.07 Å². The molecule has 0 bridgehead atoms. The van der Waals surface area contributed by atoms with Gasteiger partial charge in [-0.15, -0.1) is 21.5 Å². The van der Waals surface area contributed by atoms with Crippen molar-refractivity contribution in [3.63, 3.8) is 0 Å². The topological polar surface area (TPSA) is 37.8 Å². The lowest BCUT2D eigenvalue weighted by Gasteiger charge is -2.06. The number of rotatable bonds is 4. The molecule has 1 unspecified atom stereocenters. The molecule has 0 aliphatic rings. The van der Waals surface area contributed by atoms with Gasteiger partial charge in [0.2, 0.25) is 0 Å². The number of nitrogens with one attached hydrogen (secondary N) is 1. The fourth-order valence-electron chi connectivity index (χ4n) is 1.40. The average Bonchev–Trinajstić information content (AvgIpc) is 2.85. The second kappa shape index (κ2) is 5.63. The second-order valence-corrected chi connectivity index (χ2v) is 6.76. The summed E-state index contributed by atoms with van der Waals surface area (Å²) in [5.74, 6) is 0. The summed E-state index contributed by atoms with van der Waals surface area (Å²) < 4.78 is 1.33. The van der Waals surface area contributed by atoms with E-state index in [2.05, 4.69) is 29.4 Å². The molecule has 0 aliphatic heterocycles. The van der Waals surface area contributed by atoms with Crippen molar-refractivity contribution in [1.82, 2.24) is 15.5 Å². The molecule has 92 valence electrons. The second-order valence-electron chi connectivity index (χ2n) is 3.46. The molecule has 2 aromatic heterocycles. The van der Waals surface area contributed by atoms with E-state index in [-0.39, 0.29) is 6.04 Å². The Hall–Kier alpha value is -0.200. The zero-order valence-electron chi connectivity index (χ0n) is 9.33. The number of halogens is 2. The maximum absolute atomic E-state index is 6.09. The van der Waals surface area contributed by atoms with Crippen LogP contribution in [0.4, 0.5) is 0 Å². The average molecular weight is 308 g/mol. The summed E-state index contributed by atoms with van der Waals surface area (Å²) in [5.41, 5.74) is 0.870. The SMILES string of the molecule is CCNC(C)c1nnc(-c2cc(Cl)sc2Cl)s1. The first-order valence-corrected chi connectivity index (χ1v) is 7.52. The highest BCUT2D eigenvalue weighted by Crippen LogP contribution is 2.39. The molecule has 7 heteroatoms. The van der Waals surface area contributed by atoms with E-state index in [1.165, 1.54) is 11.3 Å². The molecule has 0 aromatic carbocycles. The Labute approximate surface area is 118 Å². The number of aromatic nitrogens is 2. The van der Waals surface area contributed by atoms with Crippen LogP contribution in [0.5, 0.6) is 0 Å². The first kappa shape index (κ1) is 13.2. The predicted molar refractivity (Wildman–Crippen MR) is 75.3 cm³/mol. The minimum atomic E-state index is 0.208. The zero-order chi connectivity index (χ0) is 12.4. The Morgan fingerprint density at radius 2 is 2.12 bits per heavy atom. The van der Waals surface area contributed by atoms with Gasteiger partial charge in [-0.05, 0) is 19.5 Å². The van der Waals surface area contributed by atoms with Gasteiger partial charge in [0.25, 0.3) is 0 Å². The highest BCUT2D eigenvalue weighted by molar-refractivity contribution is 7.21. The van der Waals surface area contributed by atoms with Crippen LogP contribution in [-0.2, 0) is 0 Å². The minimum absolute atomic E-state index is 0.208. The summed E-state index contributed by atoms with van der Waals surface area (Å²) in [6, 6.07) is 2.04. The quantitative estimate of drug-likeness (QED) is 0.918. The third-order valence-corrected chi connectivity index (χ3v) is 4.84. The van der Waals surface area contributed by atoms with Gasteiger partial charge >= 0.3 is 0 Å². The van der Waals surface area contributed by atoms with E-state index in [0.717, 1.165) is 22.1 Å². The molecule has 0 fully saturated rings. The van der Waals surface area contributed by atoms with Crippen LogP contribution in [0.15, 0.2) is 6.07 Å². The lowest BCUT2D eigenvalue weighted by molar-refractivity contribution is 0.590. The van der Waals surface area contributed by atoms with Crippen LogP contribution in [0, 0.1) is 0 Å². The molecule has 1 N–H and O–H groups in total. The van der Waals surface area contributed by atoms with E-state index in [9.17, 15) is 0 Å². The molecular formula is C10H11Cl2N3S2. The van der Waals surface area contributed by atoms with Gasteiger partial charge in [0.1, 0.15) is 14.4 Å². The van der Waals surface area contributed by atoms with E-state index in [4.69, 9.17) is 23.2 Å². The summed E-state index contributed by atoms with van der Waals surface area (Å²) in [6.45, 7) is 5.03. The Morgan fingerprint density at radius 3 is 2.71 bits per heavy atom. The summed E-state index contributed by atoms with van der Waals surface area (Å²) in [7, 11) is 0. The van der Waals surface area contributed by atoms with Gasteiger partial charge in [0.05, 0.1) is 10.4 Å². The Morgan fingerprint density at radius 1 is 1.35 bits per heavy atom. The molecule has 0 aliphatic carbocycles. The molecule has 0 radical (unpaired) electrons. The number of nitrogens with zero attached hydrogens (tertiary/aromatic N) is 2. The minimum Gasteiger partial charge on any atom is -0.308 e. The van der Waals surface area contributed by atoms with Gasteiger partial charge in [0, 0.05) is 5.56 Å². The van der Waals surface area contributed by atoms with Crippen molar-refractivity contribution in [1.29, 1.82) is 0 Å². The smallest absolute Gasteiger partial charge is 0.150 e. The fraction of sp³-hybridized carbons (Fsp3) is 0.400. The van der Waals surface area contributed by atoms with Gasteiger partial charge < -0.3 is 5.32 Å². The van der Waals surface area contributed by atoms with Crippen molar-refractivity contribution in [3.05, 3.63) is 19.7 Å². The Balaban J connectivity index is 2.26. The standard InChI is InChI=1S/C10H11Cl2N3S2/c1-3-13-5(2)9-14-15-10(17-9)6-4-7(11)16-8(6)12/h4-5,13H,3H2,1-2H3. The number of hydrogen-bond donors (Lipinski definition) is 1. The zero-order valence-corrected chi connectivity index (χ0v) is 12.5. The van der Waals surface area contributed by atoms with Crippen LogP contribution in [0.2, 0.25) is 8.67 Å². The molecule has 1 atom stereocenters. The maximum atomic E-state index is 6.09. The lowest BCUT2D eigenvalue weighted by atomic mass is 10.3. The molecule has 2 heterocycles. The molecule has 17 heavy (non-hydrogen) atoms. The third-order valence-electron chi connectivity index (χ3n) is 2.21. The molecule has 3 nitrogen and oxygen atoms in total. The molecule has 2 aromatic rings. The van der Waals surface area contributed by atoms with Crippen LogP contribution >= 0.6 is 45.9 Å². The largest absolute Gasteiger partial charge is 0.308 e. The van der Waals surface area contributed by atoms with Crippen LogP contribution in [0.25, 0.3) is 10.6 Å². The maximum Gasteiger partial charge on any atom is 0.150 e. The molecular weight excluding hydrogens is 297 g/mol. The molecule has 0 amide bonds. The third kappa shape index (κ3) is 2.98. The van der Waals surface area contributed by atoms with Crippen LogP contribution in [0.3, 0.4) is 0 Å². The van der Waals surface area contributed by atoms with Crippen LogP contribution < -0.4 is 5.32 Å². The van der Waals surface area contributed by atoms with Gasteiger partial charge in [-0.3, -0.25) is 0 Å². The van der Waals surface area contributed by atoms with Crippen molar-refractivity contribution >= 4 is 45.9 Å². The van der Waals surface area contributed by atoms with Gasteiger partial charge in [-0.25, -0.2) is 0 Å².